The molecular formula is C15H21NO8S. The van der Waals surface area contributed by atoms with Crippen molar-refractivity contribution >= 4 is 27.7 Å². The maximum absolute atomic E-state index is 12.6. The van der Waals surface area contributed by atoms with Gasteiger partial charge < -0.3 is 14.2 Å². The van der Waals surface area contributed by atoms with Gasteiger partial charge in [-0.25, -0.2) is 13.2 Å². The van der Waals surface area contributed by atoms with E-state index >= 15 is 0 Å². The Morgan fingerprint density at radius 3 is 2.36 bits per heavy atom. The van der Waals surface area contributed by atoms with Crippen LogP contribution in [0.3, 0.4) is 0 Å². The van der Waals surface area contributed by atoms with E-state index in [9.17, 15) is 22.8 Å². The van der Waals surface area contributed by atoms with Gasteiger partial charge in [-0.1, -0.05) is 0 Å². The first kappa shape index (κ1) is 19.4. The van der Waals surface area contributed by atoms with Crippen LogP contribution in [-0.4, -0.2) is 67.7 Å². The van der Waals surface area contributed by atoms with Crippen LogP contribution < -0.4 is 0 Å². The van der Waals surface area contributed by atoms with E-state index in [2.05, 4.69) is 0 Å². The molecule has 0 aromatic heterocycles. The summed E-state index contributed by atoms with van der Waals surface area (Å²) in [5, 5.41) is -1.28. The number of β-lactam (4-membered cyclic amide) rings is 1. The van der Waals surface area contributed by atoms with E-state index in [-0.39, 0.29) is 11.3 Å². The van der Waals surface area contributed by atoms with Gasteiger partial charge in [-0.3, -0.25) is 14.5 Å². The van der Waals surface area contributed by atoms with Gasteiger partial charge in [0.25, 0.3) is 5.91 Å². The Labute approximate surface area is 145 Å². The monoisotopic (exact) mass is 375 g/mol. The average molecular weight is 375 g/mol. The molecule has 25 heavy (non-hydrogen) atoms. The molecule has 10 heteroatoms. The maximum atomic E-state index is 12.6. The topological polar surface area (TPSA) is 116 Å². The van der Waals surface area contributed by atoms with E-state index in [1.54, 1.807) is 20.8 Å². The van der Waals surface area contributed by atoms with Crippen LogP contribution in [-0.2, 0) is 38.4 Å². The minimum absolute atomic E-state index is 0.00334. The third-order valence-corrected chi connectivity index (χ3v) is 5.55. The zero-order valence-electron chi connectivity index (χ0n) is 14.7. The molecule has 0 aromatic rings. The van der Waals surface area contributed by atoms with E-state index in [0.717, 1.165) is 11.8 Å². The number of nitrogens with zero attached hydrogens (tertiary/aromatic N) is 1. The van der Waals surface area contributed by atoms with Crippen molar-refractivity contribution in [2.24, 2.45) is 0 Å². The molecule has 140 valence electrons. The molecule has 1 fully saturated rings. The first-order valence-electron chi connectivity index (χ1n) is 7.55. The first-order chi connectivity index (χ1) is 11.4. The molecule has 2 heterocycles. The number of carbonyl (C=O) groups excluding carboxylic acids is 3. The summed E-state index contributed by atoms with van der Waals surface area (Å²) in [7, 11) is -2.58. The van der Waals surface area contributed by atoms with Gasteiger partial charge in [-0.15, -0.1) is 0 Å². The molecule has 2 atom stereocenters. The number of hydrogen-bond acceptors (Lipinski definition) is 8. The van der Waals surface area contributed by atoms with Gasteiger partial charge in [0.2, 0.25) is 0 Å². The predicted molar refractivity (Wildman–Crippen MR) is 84.7 cm³/mol. The molecular weight excluding hydrogens is 354 g/mol. The fourth-order valence-corrected chi connectivity index (χ4v) is 4.69. The Bertz CT molecular complexity index is 746. The zero-order chi connectivity index (χ0) is 19.2. The van der Waals surface area contributed by atoms with Gasteiger partial charge in [0, 0.05) is 19.6 Å². The van der Waals surface area contributed by atoms with Crippen molar-refractivity contribution in [3.05, 3.63) is 11.3 Å². The van der Waals surface area contributed by atoms with Gasteiger partial charge in [-0.2, -0.15) is 0 Å². The lowest BCUT2D eigenvalue weighted by Crippen LogP contribution is -2.70. The van der Waals surface area contributed by atoms with Crippen molar-refractivity contribution in [3.8, 4) is 0 Å². The average Bonchev–Trinajstić information content (AvgIpc) is 2.43. The Morgan fingerprint density at radius 1 is 1.28 bits per heavy atom. The highest BCUT2D eigenvalue weighted by Gasteiger charge is 2.60. The van der Waals surface area contributed by atoms with Crippen molar-refractivity contribution in [2.45, 2.75) is 44.8 Å². The highest BCUT2D eigenvalue weighted by Crippen LogP contribution is 2.38. The number of methoxy groups -OCH3 is 1. The number of carbonyl (C=O) groups is 3. The summed E-state index contributed by atoms with van der Waals surface area (Å²) in [5.74, 6) is -2.67. The summed E-state index contributed by atoms with van der Waals surface area (Å²) >= 11 is 0. The summed E-state index contributed by atoms with van der Waals surface area (Å²) in [6, 6.07) is 0. The molecule has 0 aromatic carbocycles. The molecule has 0 spiro atoms. The van der Waals surface area contributed by atoms with Crippen LogP contribution in [0, 0.1) is 0 Å². The van der Waals surface area contributed by atoms with Crippen LogP contribution in [0.4, 0.5) is 0 Å². The van der Waals surface area contributed by atoms with Gasteiger partial charge >= 0.3 is 11.9 Å². The molecule has 0 saturated carbocycles. The van der Waals surface area contributed by atoms with E-state index in [0.29, 0.717) is 0 Å². The van der Waals surface area contributed by atoms with Gasteiger partial charge in [0.05, 0.1) is 5.75 Å². The normalized spacial score (nSPS) is 25.2. The summed E-state index contributed by atoms with van der Waals surface area (Å²) in [6.07, 6.45) is -1.17. The van der Waals surface area contributed by atoms with Gasteiger partial charge in [0.1, 0.15) is 17.9 Å². The van der Waals surface area contributed by atoms with Crippen LogP contribution in [0.1, 0.15) is 27.7 Å². The summed E-state index contributed by atoms with van der Waals surface area (Å²) in [5.41, 5.74) is -1.05. The number of ether oxygens (including phenoxy) is 3. The lowest BCUT2D eigenvalue weighted by molar-refractivity contribution is -0.167. The zero-order valence-corrected chi connectivity index (χ0v) is 15.5. The minimum Gasteiger partial charge on any atom is -0.461 e. The minimum atomic E-state index is -3.80. The lowest BCUT2D eigenvalue weighted by atomic mass is 10.1. The molecule has 1 saturated heterocycles. The van der Waals surface area contributed by atoms with Gasteiger partial charge in [-0.05, 0) is 20.8 Å². The molecule has 0 unspecified atom stereocenters. The largest absolute Gasteiger partial charge is 0.461 e. The number of sulfone groups is 1. The standard InChI is InChI=1S/C15H21NO8S/c1-8(17)23-6-9-7-25(20,21)13-11(22-5)12(18)16(13)10(9)14(19)24-15(2,3)4/h11,13H,6-7H2,1-5H3/t11-,13+/m0/s1. The molecule has 0 aliphatic carbocycles. The summed E-state index contributed by atoms with van der Waals surface area (Å²) < 4.78 is 40.0. The van der Waals surface area contributed by atoms with Crippen LogP contribution in [0.5, 0.6) is 0 Å². The van der Waals surface area contributed by atoms with Crippen molar-refractivity contribution in [3.63, 3.8) is 0 Å². The third kappa shape index (κ3) is 3.69. The van der Waals surface area contributed by atoms with Crippen LogP contribution in [0.15, 0.2) is 11.3 Å². The Hall–Kier alpha value is -1.94. The van der Waals surface area contributed by atoms with Crippen molar-refractivity contribution in [1.82, 2.24) is 4.90 Å². The quantitative estimate of drug-likeness (QED) is 0.488. The van der Waals surface area contributed by atoms with Crippen LogP contribution in [0.25, 0.3) is 0 Å². The Balaban J connectivity index is 2.49. The molecule has 2 rings (SSSR count). The van der Waals surface area contributed by atoms with E-state index in [1.807, 2.05) is 0 Å². The molecule has 2 aliphatic heterocycles. The molecule has 0 N–H and O–H groups in total. The summed E-state index contributed by atoms with van der Waals surface area (Å²) in [4.78, 5) is 36.8. The fourth-order valence-electron chi connectivity index (χ4n) is 2.68. The van der Waals surface area contributed by atoms with Crippen molar-refractivity contribution in [1.29, 1.82) is 0 Å². The lowest BCUT2D eigenvalue weighted by Gasteiger charge is -2.48. The SMILES string of the molecule is CO[C@H]1C(=O)N2C(C(=O)OC(C)(C)C)=C(COC(C)=O)CS(=O)(=O)[C@H]12. The number of amides is 1. The van der Waals surface area contributed by atoms with Crippen LogP contribution >= 0.6 is 0 Å². The second-order valence-electron chi connectivity index (χ2n) is 6.80. The Morgan fingerprint density at radius 2 is 1.88 bits per heavy atom. The second kappa shape index (κ2) is 6.41. The smallest absolute Gasteiger partial charge is 0.355 e. The van der Waals surface area contributed by atoms with Crippen molar-refractivity contribution in [2.75, 3.05) is 19.5 Å². The highest BCUT2D eigenvalue weighted by molar-refractivity contribution is 7.92. The van der Waals surface area contributed by atoms with E-state index in [1.165, 1.54) is 7.11 Å². The van der Waals surface area contributed by atoms with E-state index in [4.69, 9.17) is 14.2 Å². The molecule has 1 amide bonds. The Kier molecular flexibility index (Phi) is 4.97. The number of fused-ring (bicyclic) bond motifs is 1. The second-order valence-corrected chi connectivity index (χ2v) is 8.89. The third-order valence-electron chi connectivity index (χ3n) is 3.61. The number of rotatable bonds is 4. The first-order valence-corrected chi connectivity index (χ1v) is 9.27. The molecule has 0 radical (unpaired) electrons. The predicted octanol–water partition coefficient (Wildman–Crippen LogP) is -0.243. The van der Waals surface area contributed by atoms with Crippen molar-refractivity contribution < 1.29 is 37.0 Å². The highest BCUT2D eigenvalue weighted by atomic mass is 32.2. The number of esters is 2. The maximum Gasteiger partial charge on any atom is 0.355 e. The van der Waals surface area contributed by atoms with Crippen LogP contribution in [0.2, 0.25) is 0 Å². The molecule has 2 aliphatic rings. The summed E-state index contributed by atoms with van der Waals surface area (Å²) in [6.45, 7) is 5.67. The molecule has 0 bridgehead atoms. The van der Waals surface area contributed by atoms with E-state index < -0.39 is 57.1 Å². The fraction of sp³-hybridized carbons (Fsp3) is 0.667. The number of hydrogen-bond donors (Lipinski definition) is 0. The van der Waals surface area contributed by atoms with Gasteiger partial charge in [0.15, 0.2) is 21.3 Å². The molecule has 9 nitrogen and oxygen atoms in total.